The van der Waals surface area contributed by atoms with E-state index in [2.05, 4.69) is 22.9 Å². The molecular weight excluding hydrogens is 233 g/mol. The average Bonchev–Trinajstić information content (AvgIpc) is 2.32. The fourth-order valence-corrected chi connectivity index (χ4v) is 2.15. The summed E-state index contributed by atoms with van der Waals surface area (Å²) in [5.41, 5.74) is 0.593. The average molecular weight is 251 g/mol. The monoisotopic (exact) mass is 251 g/mol. The van der Waals surface area contributed by atoms with Gasteiger partial charge < -0.3 is 16.0 Å². The van der Waals surface area contributed by atoms with Crippen molar-refractivity contribution >= 4 is 11.7 Å². The molecule has 1 aromatic carbocycles. The summed E-state index contributed by atoms with van der Waals surface area (Å²) in [6, 6.07) is 6.11. The molecule has 3 N–H and O–H groups in total. The number of benzene rings is 1. The molecule has 1 aliphatic heterocycles. The van der Waals surface area contributed by atoms with Crippen molar-refractivity contribution in [3.63, 3.8) is 0 Å². The molecule has 2 amide bonds. The molecule has 0 radical (unpaired) electrons. The van der Waals surface area contributed by atoms with Crippen molar-refractivity contribution in [2.45, 2.75) is 31.8 Å². The van der Waals surface area contributed by atoms with Gasteiger partial charge in [0.25, 0.3) is 0 Å². The Morgan fingerprint density at radius 2 is 2.11 bits per heavy atom. The molecule has 0 aromatic heterocycles. The predicted octanol–water partition coefficient (Wildman–Crippen LogP) is 2.09. The fraction of sp³-hybridized carbons (Fsp3) is 0.462. The van der Waals surface area contributed by atoms with Crippen molar-refractivity contribution in [3.8, 4) is 0 Å². The quantitative estimate of drug-likeness (QED) is 0.754. The Kier molecular flexibility index (Phi) is 4.15. The third-order valence-electron chi connectivity index (χ3n) is 3.06. The van der Waals surface area contributed by atoms with Crippen molar-refractivity contribution in [1.82, 2.24) is 10.6 Å². The zero-order chi connectivity index (χ0) is 13.0. The Morgan fingerprint density at radius 3 is 2.78 bits per heavy atom. The van der Waals surface area contributed by atoms with Gasteiger partial charge in [-0.25, -0.2) is 9.18 Å². The first-order valence-corrected chi connectivity index (χ1v) is 6.20. The minimum Gasteiger partial charge on any atom is -0.335 e. The normalized spacial score (nSPS) is 23.4. The van der Waals surface area contributed by atoms with Gasteiger partial charge in [0.1, 0.15) is 5.82 Å². The van der Waals surface area contributed by atoms with Crippen molar-refractivity contribution in [2.75, 3.05) is 11.9 Å². The summed E-state index contributed by atoms with van der Waals surface area (Å²) in [5.74, 6) is -0.312. The van der Waals surface area contributed by atoms with E-state index in [0.29, 0.717) is 11.7 Å². The maximum Gasteiger partial charge on any atom is 0.319 e. The van der Waals surface area contributed by atoms with Crippen molar-refractivity contribution in [3.05, 3.63) is 30.1 Å². The highest BCUT2D eigenvalue weighted by molar-refractivity contribution is 5.89. The highest BCUT2D eigenvalue weighted by Gasteiger charge is 2.19. The van der Waals surface area contributed by atoms with Crippen molar-refractivity contribution in [2.24, 2.45) is 0 Å². The predicted molar refractivity (Wildman–Crippen MR) is 69.0 cm³/mol. The number of anilines is 1. The zero-order valence-corrected chi connectivity index (χ0v) is 10.4. The SMILES string of the molecule is CC1CC(NC(=O)Nc2ccc(F)cc2)CCN1. The number of urea groups is 1. The number of rotatable bonds is 2. The van der Waals surface area contributed by atoms with Crippen LogP contribution in [0.15, 0.2) is 24.3 Å². The zero-order valence-electron chi connectivity index (χ0n) is 10.4. The Bertz CT molecular complexity index is 407. The molecule has 0 aliphatic carbocycles. The first-order valence-electron chi connectivity index (χ1n) is 6.20. The Morgan fingerprint density at radius 1 is 1.39 bits per heavy atom. The van der Waals surface area contributed by atoms with Crippen LogP contribution in [-0.4, -0.2) is 24.7 Å². The molecule has 2 unspecified atom stereocenters. The van der Waals surface area contributed by atoms with Crippen LogP contribution in [0.4, 0.5) is 14.9 Å². The van der Waals surface area contributed by atoms with Crippen LogP contribution in [0.3, 0.4) is 0 Å². The standard InChI is InChI=1S/C13H18FN3O/c1-9-8-12(6-7-15-9)17-13(18)16-11-4-2-10(14)3-5-11/h2-5,9,12,15H,6-8H2,1H3,(H2,16,17,18). The molecule has 0 spiro atoms. The van der Waals surface area contributed by atoms with Gasteiger partial charge in [0.2, 0.25) is 0 Å². The Balaban J connectivity index is 1.83. The van der Waals surface area contributed by atoms with Gasteiger partial charge in [-0.3, -0.25) is 0 Å². The largest absolute Gasteiger partial charge is 0.335 e. The van der Waals surface area contributed by atoms with Gasteiger partial charge >= 0.3 is 6.03 Å². The van der Waals surface area contributed by atoms with Crippen LogP contribution in [0.5, 0.6) is 0 Å². The summed E-state index contributed by atoms with van der Waals surface area (Å²) in [6.45, 7) is 3.02. The second-order valence-electron chi connectivity index (χ2n) is 4.68. The number of hydrogen-bond acceptors (Lipinski definition) is 2. The minimum atomic E-state index is -0.312. The van der Waals surface area contributed by atoms with Gasteiger partial charge in [-0.15, -0.1) is 0 Å². The first-order chi connectivity index (χ1) is 8.63. The molecular formula is C13H18FN3O. The van der Waals surface area contributed by atoms with Crippen molar-refractivity contribution < 1.29 is 9.18 Å². The van der Waals surface area contributed by atoms with Crippen LogP contribution in [0, 0.1) is 5.82 Å². The third-order valence-corrected chi connectivity index (χ3v) is 3.06. The smallest absolute Gasteiger partial charge is 0.319 e. The molecule has 1 aliphatic rings. The second kappa shape index (κ2) is 5.82. The summed E-state index contributed by atoms with van der Waals surface area (Å²) in [7, 11) is 0. The Labute approximate surface area is 106 Å². The molecule has 0 bridgehead atoms. The van der Waals surface area contributed by atoms with E-state index in [1.807, 2.05) is 0 Å². The summed E-state index contributed by atoms with van der Waals surface area (Å²) < 4.78 is 12.7. The highest BCUT2D eigenvalue weighted by atomic mass is 19.1. The molecule has 2 rings (SSSR count). The van der Waals surface area contributed by atoms with Crippen molar-refractivity contribution in [1.29, 1.82) is 0 Å². The molecule has 5 heteroatoms. The van der Waals surface area contributed by atoms with Crippen LogP contribution in [0.25, 0.3) is 0 Å². The van der Waals surface area contributed by atoms with E-state index in [0.717, 1.165) is 19.4 Å². The van der Waals surface area contributed by atoms with E-state index in [1.54, 1.807) is 12.1 Å². The molecule has 1 heterocycles. The lowest BCUT2D eigenvalue weighted by molar-refractivity contribution is 0.242. The summed E-state index contributed by atoms with van der Waals surface area (Å²) >= 11 is 0. The van der Waals surface area contributed by atoms with Gasteiger partial charge in [0.15, 0.2) is 0 Å². The molecule has 98 valence electrons. The highest BCUT2D eigenvalue weighted by Crippen LogP contribution is 2.10. The van der Waals surface area contributed by atoms with E-state index in [9.17, 15) is 9.18 Å². The number of nitrogens with one attached hydrogen (secondary N) is 3. The maximum absolute atomic E-state index is 12.7. The summed E-state index contributed by atoms with van der Waals surface area (Å²) in [5, 5.41) is 8.95. The second-order valence-corrected chi connectivity index (χ2v) is 4.68. The third kappa shape index (κ3) is 3.70. The molecule has 1 fully saturated rings. The van der Waals surface area contributed by atoms with Crippen LogP contribution in [0.1, 0.15) is 19.8 Å². The number of carbonyl (C=O) groups is 1. The number of hydrogen-bond donors (Lipinski definition) is 3. The lowest BCUT2D eigenvalue weighted by atomic mass is 10.0. The van der Waals surface area contributed by atoms with Gasteiger partial charge in [0, 0.05) is 17.8 Å². The maximum atomic E-state index is 12.7. The molecule has 2 atom stereocenters. The minimum absolute atomic E-state index is 0.196. The number of piperidine rings is 1. The number of carbonyl (C=O) groups excluding carboxylic acids is 1. The van der Waals surface area contributed by atoms with Crippen LogP contribution < -0.4 is 16.0 Å². The topological polar surface area (TPSA) is 53.2 Å². The number of amides is 2. The number of halogens is 1. The Hall–Kier alpha value is -1.62. The van der Waals surface area contributed by atoms with E-state index in [-0.39, 0.29) is 17.9 Å². The van der Waals surface area contributed by atoms with Gasteiger partial charge in [-0.2, -0.15) is 0 Å². The molecule has 1 saturated heterocycles. The summed E-state index contributed by atoms with van der Waals surface area (Å²) in [6.07, 6.45) is 1.86. The van der Waals surface area contributed by atoms with Crippen LogP contribution in [0.2, 0.25) is 0 Å². The molecule has 1 aromatic rings. The van der Waals surface area contributed by atoms with E-state index < -0.39 is 0 Å². The summed E-state index contributed by atoms with van der Waals surface area (Å²) in [4.78, 5) is 11.7. The van der Waals surface area contributed by atoms with Crippen LogP contribution >= 0.6 is 0 Å². The van der Waals surface area contributed by atoms with E-state index >= 15 is 0 Å². The van der Waals surface area contributed by atoms with Gasteiger partial charge in [0.05, 0.1) is 0 Å². The first kappa shape index (κ1) is 12.8. The van der Waals surface area contributed by atoms with Gasteiger partial charge in [-0.1, -0.05) is 0 Å². The van der Waals surface area contributed by atoms with Crippen LogP contribution in [-0.2, 0) is 0 Å². The van der Waals surface area contributed by atoms with E-state index in [4.69, 9.17) is 0 Å². The molecule has 0 saturated carbocycles. The fourth-order valence-electron chi connectivity index (χ4n) is 2.15. The lowest BCUT2D eigenvalue weighted by Gasteiger charge is -2.28. The molecule has 18 heavy (non-hydrogen) atoms. The van der Waals surface area contributed by atoms with E-state index in [1.165, 1.54) is 12.1 Å². The molecule has 4 nitrogen and oxygen atoms in total. The van der Waals surface area contributed by atoms with Gasteiger partial charge in [-0.05, 0) is 50.6 Å². The lowest BCUT2D eigenvalue weighted by Crippen LogP contribution is -2.47.